The van der Waals surface area contributed by atoms with E-state index in [0.717, 1.165) is 5.56 Å². The van der Waals surface area contributed by atoms with E-state index in [4.69, 9.17) is 4.74 Å². The van der Waals surface area contributed by atoms with Crippen molar-refractivity contribution < 1.29 is 14.3 Å². The van der Waals surface area contributed by atoms with Crippen LogP contribution in [0.4, 0.5) is 17.3 Å². The Morgan fingerprint density at radius 3 is 2.44 bits per heavy atom. The first kappa shape index (κ1) is 18.1. The van der Waals surface area contributed by atoms with Gasteiger partial charge in [0.1, 0.15) is 0 Å². The quantitative estimate of drug-likeness (QED) is 0.674. The first-order valence-corrected chi connectivity index (χ1v) is 8.21. The number of nitrogens with one attached hydrogen (secondary N) is 2. The molecule has 0 bridgehead atoms. The monoisotopic (exact) mass is 362 g/mol. The second kappa shape index (κ2) is 8.09. The largest absolute Gasteiger partial charge is 0.465 e. The number of hydrogen-bond donors (Lipinski definition) is 2. The average molecular weight is 362 g/mol. The van der Waals surface area contributed by atoms with Crippen LogP contribution < -0.4 is 10.6 Å². The molecule has 0 saturated heterocycles. The summed E-state index contributed by atoms with van der Waals surface area (Å²) in [4.78, 5) is 32.4. The topological polar surface area (TPSA) is 93.2 Å². The van der Waals surface area contributed by atoms with Crippen LogP contribution in [-0.4, -0.2) is 29.0 Å². The van der Waals surface area contributed by atoms with Gasteiger partial charge in [0.25, 0.3) is 5.91 Å². The van der Waals surface area contributed by atoms with Crippen LogP contribution in [0.1, 0.15) is 26.3 Å². The van der Waals surface area contributed by atoms with Gasteiger partial charge in [0.05, 0.1) is 23.9 Å². The number of methoxy groups -OCH3 is 1. The molecule has 0 radical (unpaired) electrons. The maximum atomic E-state index is 12.3. The fourth-order valence-corrected chi connectivity index (χ4v) is 2.44. The van der Waals surface area contributed by atoms with Gasteiger partial charge in [0.15, 0.2) is 0 Å². The van der Waals surface area contributed by atoms with Crippen LogP contribution in [0.3, 0.4) is 0 Å². The summed E-state index contributed by atoms with van der Waals surface area (Å²) in [5, 5.41) is 5.76. The van der Waals surface area contributed by atoms with E-state index in [0.29, 0.717) is 22.5 Å². The number of rotatable bonds is 5. The summed E-state index contributed by atoms with van der Waals surface area (Å²) in [5.41, 5.74) is 2.96. The van der Waals surface area contributed by atoms with Gasteiger partial charge >= 0.3 is 5.97 Å². The second-order valence-corrected chi connectivity index (χ2v) is 5.78. The van der Waals surface area contributed by atoms with Gasteiger partial charge in [-0.1, -0.05) is 24.3 Å². The van der Waals surface area contributed by atoms with Gasteiger partial charge in [-0.05, 0) is 36.8 Å². The summed E-state index contributed by atoms with van der Waals surface area (Å²) in [6, 6.07) is 14.4. The lowest BCUT2D eigenvalue weighted by Crippen LogP contribution is -2.13. The van der Waals surface area contributed by atoms with Gasteiger partial charge in [0, 0.05) is 18.1 Å². The van der Waals surface area contributed by atoms with Crippen molar-refractivity contribution >= 4 is 29.2 Å². The molecule has 2 aromatic carbocycles. The lowest BCUT2D eigenvalue weighted by molar-refractivity contribution is 0.0601. The predicted molar refractivity (Wildman–Crippen MR) is 102 cm³/mol. The molecule has 0 aliphatic carbocycles. The van der Waals surface area contributed by atoms with Crippen LogP contribution in [0.5, 0.6) is 0 Å². The summed E-state index contributed by atoms with van der Waals surface area (Å²) in [7, 11) is 1.32. The second-order valence-electron chi connectivity index (χ2n) is 5.78. The fraction of sp³-hybridized carbons (Fsp3) is 0.100. The normalized spacial score (nSPS) is 10.1. The van der Waals surface area contributed by atoms with Gasteiger partial charge in [-0.3, -0.25) is 4.79 Å². The van der Waals surface area contributed by atoms with Gasteiger partial charge in [-0.2, -0.15) is 0 Å². The molecule has 3 aromatic rings. The first-order chi connectivity index (χ1) is 13.1. The third-order valence-electron chi connectivity index (χ3n) is 3.77. The lowest BCUT2D eigenvalue weighted by atomic mass is 10.2. The smallest absolute Gasteiger partial charge is 0.339 e. The van der Waals surface area contributed by atoms with Gasteiger partial charge < -0.3 is 15.4 Å². The van der Waals surface area contributed by atoms with E-state index in [1.165, 1.54) is 19.5 Å². The third-order valence-corrected chi connectivity index (χ3v) is 3.77. The van der Waals surface area contributed by atoms with Crippen molar-refractivity contribution in [3.8, 4) is 0 Å². The number of aromatic nitrogens is 2. The Morgan fingerprint density at radius 2 is 1.74 bits per heavy atom. The molecular weight excluding hydrogens is 344 g/mol. The summed E-state index contributed by atoms with van der Waals surface area (Å²) in [6.07, 6.45) is 2.84. The van der Waals surface area contributed by atoms with E-state index < -0.39 is 5.97 Å². The summed E-state index contributed by atoms with van der Waals surface area (Å²) in [6.45, 7) is 1.95. The van der Waals surface area contributed by atoms with Crippen LogP contribution in [0, 0.1) is 6.92 Å². The van der Waals surface area contributed by atoms with Crippen LogP contribution in [0.2, 0.25) is 0 Å². The summed E-state index contributed by atoms with van der Waals surface area (Å²) in [5.74, 6) is -0.507. The molecule has 7 heteroatoms. The molecule has 136 valence electrons. The molecule has 2 N–H and O–H groups in total. The third kappa shape index (κ3) is 4.46. The van der Waals surface area contributed by atoms with Crippen molar-refractivity contribution in [1.29, 1.82) is 0 Å². The van der Waals surface area contributed by atoms with Crippen LogP contribution in [-0.2, 0) is 4.74 Å². The molecule has 0 aliphatic heterocycles. The van der Waals surface area contributed by atoms with Crippen molar-refractivity contribution in [2.75, 3.05) is 17.7 Å². The van der Waals surface area contributed by atoms with E-state index in [1.54, 1.807) is 24.3 Å². The zero-order valence-corrected chi connectivity index (χ0v) is 14.9. The number of hydrogen-bond acceptors (Lipinski definition) is 6. The maximum Gasteiger partial charge on any atom is 0.339 e. The highest BCUT2D eigenvalue weighted by Crippen LogP contribution is 2.19. The molecule has 1 heterocycles. The minimum Gasteiger partial charge on any atom is -0.465 e. The number of benzene rings is 2. The number of carbonyl (C=O) groups is 2. The minimum absolute atomic E-state index is 0.262. The molecular formula is C20H18N4O3. The average Bonchev–Trinajstić information content (AvgIpc) is 2.68. The van der Waals surface area contributed by atoms with Crippen molar-refractivity contribution in [2.45, 2.75) is 6.92 Å². The Hall–Kier alpha value is -3.74. The number of amides is 1. The molecule has 27 heavy (non-hydrogen) atoms. The van der Waals surface area contributed by atoms with E-state index in [2.05, 4.69) is 20.6 Å². The molecule has 0 saturated carbocycles. The molecule has 3 rings (SSSR count). The SMILES string of the molecule is COC(=O)c1ccccc1Nc1ncc(C(=O)Nc2cccc(C)c2)cn1. The zero-order valence-electron chi connectivity index (χ0n) is 14.9. The number of aryl methyl sites for hydroxylation is 1. The van der Waals surface area contributed by atoms with Crippen molar-refractivity contribution in [1.82, 2.24) is 9.97 Å². The maximum absolute atomic E-state index is 12.3. The molecule has 0 fully saturated rings. The van der Waals surface area contributed by atoms with Crippen molar-refractivity contribution in [2.24, 2.45) is 0 Å². The Bertz CT molecular complexity index is 971. The van der Waals surface area contributed by atoms with Crippen molar-refractivity contribution in [3.05, 3.63) is 77.6 Å². The van der Waals surface area contributed by atoms with E-state index in [1.807, 2.05) is 31.2 Å². The zero-order chi connectivity index (χ0) is 19.2. The van der Waals surface area contributed by atoms with E-state index in [9.17, 15) is 9.59 Å². The first-order valence-electron chi connectivity index (χ1n) is 8.21. The molecule has 0 aliphatic rings. The Labute approximate surface area is 156 Å². The van der Waals surface area contributed by atoms with E-state index >= 15 is 0 Å². The summed E-state index contributed by atoms with van der Waals surface area (Å²) >= 11 is 0. The number of esters is 1. The predicted octanol–water partition coefficient (Wildman–Crippen LogP) is 3.57. The van der Waals surface area contributed by atoms with Crippen LogP contribution in [0.15, 0.2) is 60.9 Å². The Balaban J connectivity index is 1.72. The number of anilines is 3. The molecule has 0 atom stereocenters. The standard InChI is InChI=1S/C20H18N4O3/c1-13-6-5-7-15(10-13)23-18(25)14-11-21-20(22-12-14)24-17-9-4-3-8-16(17)19(26)27-2/h3-12H,1-2H3,(H,23,25)(H,21,22,24). The molecule has 0 spiro atoms. The number of carbonyl (C=O) groups excluding carboxylic acids is 2. The highest BCUT2D eigenvalue weighted by Gasteiger charge is 2.13. The Morgan fingerprint density at radius 1 is 1.00 bits per heavy atom. The number of ether oxygens (including phenoxy) is 1. The molecule has 1 aromatic heterocycles. The van der Waals surface area contributed by atoms with Gasteiger partial charge in [-0.15, -0.1) is 0 Å². The van der Waals surface area contributed by atoms with Gasteiger partial charge in [-0.25, -0.2) is 14.8 Å². The number of para-hydroxylation sites is 1. The lowest BCUT2D eigenvalue weighted by Gasteiger charge is -2.10. The van der Waals surface area contributed by atoms with Crippen LogP contribution >= 0.6 is 0 Å². The highest BCUT2D eigenvalue weighted by molar-refractivity contribution is 6.04. The Kier molecular flexibility index (Phi) is 5.41. The molecule has 0 unspecified atom stereocenters. The van der Waals surface area contributed by atoms with Crippen LogP contribution in [0.25, 0.3) is 0 Å². The minimum atomic E-state index is -0.466. The highest BCUT2D eigenvalue weighted by atomic mass is 16.5. The molecule has 7 nitrogen and oxygen atoms in total. The molecule has 1 amide bonds. The fourth-order valence-electron chi connectivity index (χ4n) is 2.44. The van der Waals surface area contributed by atoms with Gasteiger partial charge in [0.2, 0.25) is 5.95 Å². The number of nitrogens with zero attached hydrogens (tertiary/aromatic N) is 2. The van der Waals surface area contributed by atoms with Crippen molar-refractivity contribution in [3.63, 3.8) is 0 Å². The summed E-state index contributed by atoms with van der Waals surface area (Å²) < 4.78 is 4.76. The van der Waals surface area contributed by atoms with E-state index in [-0.39, 0.29) is 11.9 Å².